The van der Waals surface area contributed by atoms with Crippen LogP contribution in [0.15, 0.2) is 47.4 Å². The maximum Gasteiger partial charge on any atom is 0.232 e. The summed E-state index contributed by atoms with van der Waals surface area (Å²) in [4.78, 5) is 4.84. The number of sulfone groups is 1. The fourth-order valence-corrected chi connectivity index (χ4v) is 4.09. The first-order chi connectivity index (χ1) is 14.2. The lowest BCUT2D eigenvalue weighted by molar-refractivity contribution is 0.397. The molecule has 0 fully saturated rings. The van der Waals surface area contributed by atoms with Gasteiger partial charge in [0.05, 0.1) is 24.8 Å². The highest BCUT2D eigenvalue weighted by atomic mass is 32.2. The minimum absolute atomic E-state index is 0.228. The number of pyridine rings is 1. The Hall–Kier alpha value is -3.37. The Morgan fingerprint density at radius 2 is 1.53 bits per heavy atom. The van der Waals surface area contributed by atoms with Crippen molar-refractivity contribution in [3.63, 3.8) is 0 Å². The van der Waals surface area contributed by atoms with Crippen molar-refractivity contribution in [2.75, 3.05) is 20.5 Å². The van der Waals surface area contributed by atoms with E-state index in [4.69, 9.17) is 9.47 Å². The molecule has 3 rings (SSSR count). The molecular formula is C23H22N2O4S. The van der Waals surface area contributed by atoms with Crippen molar-refractivity contribution in [1.82, 2.24) is 4.98 Å². The molecule has 0 amide bonds. The van der Waals surface area contributed by atoms with E-state index < -0.39 is 9.84 Å². The molecule has 0 unspecified atom stereocenters. The number of hydrogen-bond donors (Lipinski definition) is 0. The molecule has 0 N–H and O–H groups in total. The molecular weight excluding hydrogens is 400 g/mol. The number of aryl methyl sites for hydroxylation is 2. The molecule has 0 saturated heterocycles. The van der Waals surface area contributed by atoms with E-state index in [1.54, 1.807) is 37.4 Å². The van der Waals surface area contributed by atoms with Crippen molar-refractivity contribution in [3.8, 4) is 40.1 Å². The van der Waals surface area contributed by atoms with Gasteiger partial charge in [-0.2, -0.15) is 5.26 Å². The quantitative estimate of drug-likeness (QED) is 0.608. The summed E-state index contributed by atoms with van der Waals surface area (Å²) in [6.07, 6.45) is 1.17. The van der Waals surface area contributed by atoms with Gasteiger partial charge in [0, 0.05) is 17.4 Å². The molecule has 0 atom stereocenters. The van der Waals surface area contributed by atoms with Gasteiger partial charge in [0.2, 0.25) is 5.88 Å². The average Bonchev–Trinajstić information content (AvgIpc) is 2.72. The van der Waals surface area contributed by atoms with E-state index in [0.29, 0.717) is 16.8 Å². The van der Waals surface area contributed by atoms with Gasteiger partial charge >= 0.3 is 0 Å². The molecule has 0 aliphatic heterocycles. The lowest BCUT2D eigenvalue weighted by Crippen LogP contribution is -2.00. The molecule has 6 nitrogen and oxygen atoms in total. The predicted octanol–water partition coefficient (Wildman–Crippen LogP) is 4.32. The van der Waals surface area contributed by atoms with E-state index in [2.05, 4.69) is 11.1 Å². The zero-order valence-electron chi connectivity index (χ0n) is 17.5. The molecule has 0 saturated carbocycles. The lowest BCUT2D eigenvalue weighted by atomic mass is 9.95. The molecule has 1 heterocycles. The number of ether oxygens (including phenoxy) is 2. The van der Waals surface area contributed by atoms with E-state index in [1.807, 2.05) is 26.0 Å². The summed E-state index contributed by atoms with van der Waals surface area (Å²) in [6.45, 7) is 3.91. The van der Waals surface area contributed by atoms with Gasteiger partial charge in [-0.15, -0.1) is 0 Å². The number of aromatic nitrogens is 1. The summed E-state index contributed by atoms with van der Waals surface area (Å²) >= 11 is 0. The third kappa shape index (κ3) is 4.00. The number of methoxy groups -OCH3 is 2. The van der Waals surface area contributed by atoms with Crippen LogP contribution in [0.25, 0.3) is 22.4 Å². The molecule has 3 aromatic rings. The fraction of sp³-hybridized carbons (Fsp3) is 0.217. The summed E-state index contributed by atoms with van der Waals surface area (Å²) in [5, 5.41) is 9.52. The van der Waals surface area contributed by atoms with Crippen LogP contribution in [-0.2, 0) is 9.84 Å². The van der Waals surface area contributed by atoms with Crippen LogP contribution >= 0.6 is 0 Å². The zero-order chi connectivity index (χ0) is 22.1. The molecule has 0 radical (unpaired) electrons. The second-order valence-electron chi connectivity index (χ2n) is 6.99. The van der Waals surface area contributed by atoms with E-state index >= 15 is 0 Å². The van der Waals surface area contributed by atoms with Crippen molar-refractivity contribution in [2.24, 2.45) is 0 Å². The van der Waals surface area contributed by atoms with E-state index in [1.165, 1.54) is 13.4 Å². The van der Waals surface area contributed by atoms with Crippen molar-refractivity contribution in [3.05, 3.63) is 59.2 Å². The van der Waals surface area contributed by atoms with Crippen LogP contribution in [0.1, 0.15) is 16.7 Å². The van der Waals surface area contributed by atoms with E-state index in [-0.39, 0.29) is 10.8 Å². The highest BCUT2D eigenvalue weighted by Gasteiger charge is 2.18. The predicted molar refractivity (Wildman–Crippen MR) is 116 cm³/mol. The standard InChI is InChI=1S/C23H22N2O4S/c1-14-10-17(11-15(2)22(14)28-3)21-20(12-18(13-24)23(25-21)29-4)16-6-8-19(9-7-16)30(5,26)27/h6-12H,1-5H3. The average molecular weight is 423 g/mol. The second-order valence-corrected chi connectivity index (χ2v) is 9.01. The molecule has 0 spiro atoms. The number of hydrogen-bond acceptors (Lipinski definition) is 6. The minimum Gasteiger partial charge on any atom is -0.496 e. The normalized spacial score (nSPS) is 11.1. The van der Waals surface area contributed by atoms with Crippen LogP contribution in [0.4, 0.5) is 0 Å². The Labute approximate surface area is 176 Å². The molecule has 0 aliphatic carbocycles. The lowest BCUT2D eigenvalue weighted by Gasteiger charge is -2.16. The topological polar surface area (TPSA) is 89.3 Å². The Morgan fingerprint density at radius 3 is 2.00 bits per heavy atom. The maximum atomic E-state index is 11.8. The second kappa shape index (κ2) is 8.17. The monoisotopic (exact) mass is 422 g/mol. The van der Waals surface area contributed by atoms with Crippen LogP contribution in [0.2, 0.25) is 0 Å². The Morgan fingerprint density at radius 1 is 0.933 bits per heavy atom. The van der Waals surface area contributed by atoms with Crippen molar-refractivity contribution >= 4 is 9.84 Å². The zero-order valence-corrected chi connectivity index (χ0v) is 18.3. The van der Waals surface area contributed by atoms with Gasteiger partial charge in [-0.25, -0.2) is 13.4 Å². The largest absolute Gasteiger partial charge is 0.496 e. The summed E-state index contributed by atoms with van der Waals surface area (Å²) in [5.41, 5.74) is 5.13. The van der Waals surface area contributed by atoms with E-state index in [0.717, 1.165) is 28.0 Å². The van der Waals surface area contributed by atoms with Crippen molar-refractivity contribution in [1.29, 1.82) is 5.26 Å². The molecule has 2 aromatic carbocycles. The summed E-state index contributed by atoms with van der Waals surface area (Å²) < 4.78 is 34.4. The van der Waals surface area contributed by atoms with Crippen molar-refractivity contribution < 1.29 is 17.9 Å². The van der Waals surface area contributed by atoms with Crippen LogP contribution in [0.3, 0.4) is 0 Å². The fourth-order valence-electron chi connectivity index (χ4n) is 3.46. The number of nitrogens with zero attached hydrogens (tertiary/aromatic N) is 2. The first-order valence-electron chi connectivity index (χ1n) is 9.14. The van der Waals surface area contributed by atoms with Gasteiger partial charge in [0.15, 0.2) is 9.84 Å². The van der Waals surface area contributed by atoms with Crippen LogP contribution < -0.4 is 9.47 Å². The molecule has 154 valence electrons. The third-order valence-corrected chi connectivity index (χ3v) is 5.96. The van der Waals surface area contributed by atoms with Crippen molar-refractivity contribution in [2.45, 2.75) is 18.7 Å². The number of rotatable bonds is 5. The number of benzene rings is 2. The highest BCUT2D eigenvalue weighted by Crippen LogP contribution is 2.37. The van der Waals surface area contributed by atoms with Crippen LogP contribution in [0, 0.1) is 25.2 Å². The summed E-state index contributed by atoms with van der Waals surface area (Å²) in [6, 6.07) is 14.3. The highest BCUT2D eigenvalue weighted by molar-refractivity contribution is 7.90. The van der Waals surface area contributed by atoms with E-state index in [9.17, 15) is 13.7 Å². The van der Waals surface area contributed by atoms with Gasteiger partial charge in [-0.3, -0.25) is 0 Å². The smallest absolute Gasteiger partial charge is 0.232 e. The third-order valence-electron chi connectivity index (χ3n) is 4.83. The maximum absolute atomic E-state index is 11.8. The van der Waals surface area contributed by atoms with Gasteiger partial charge in [0.25, 0.3) is 0 Å². The molecule has 30 heavy (non-hydrogen) atoms. The minimum atomic E-state index is -3.31. The Balaban J connectivity index is 2.29. The summed E-state index contributed by atoms with van der Waals surface area (Å²) in [5.74, 6) is 1.04. The van der Waals surface area contributed by atoms with Crippen LogP contribution in [0.5, 0.6) is 11.6 Å². The first-order valence-corrected chi connectivity index (χ1v) is 11.0. The molecule has 7 heteroatoms. The van der Waals surface area contributed by atoms with Gasteiger partial charge in [-0.1, -0.05) is 12.1 Å². The van der Waals surface area contributed by atoms with Gasteiger partial charge in [0.1, 0.15) is 17.4 Å². The van der Waals surface area contributed by atoms with Gasteiger partial charge < -0.3 is 9.47 Å². The number of nitriles is 1. The van der Waals surface area contributed by atoms with Gasteiger partial charge in [-0.05, 0) is 60.9 Å². The summed E-state index contributed by atoms with van der Waals surface area (Å²) in [7, 11) is -0.206. The Kier molecular flexibility index (Phi) is 5.81. The SMILES string of the molecule is COc1nc(-c2cc(C)c(OC)c(C)c2)c(-c2ccc(S(C)(=O)=O)cc2)cc1C#N. The molecule has 0 bridgehead atoms. The molecule has 1 aromatic heterocycles. The molecule has 0 aliphatic rings. The first kappa shape index (κ1) is 21.3. The van der Waals surface area contributed by atoms with Crippen LogP contribution in [-0.4, -0.2) is 33.9 Å². The Bertz CT molecular complexity index is 1230.